The average molecular weight is 447 g/mol. The summed E-state index contributed by atoms with van der Waals surface area (Å²) >= 11 is 0. The van der Waals surface area contributed by atoms with Crippen molar-refractivity contribution in [1.29, 1.82) is 0 Å². The quantitative estimate of drug-likeness (QED) is 0.542. The summed E-state index contributed by atoms with van der Waals surface area (Å²) in [6.07, 6.45) is -4.68. The normalized spacial score (nSPS) is 14.6. The Morgan fingerprint density at radius 2 is 1.61 bits per heavy atom. The third-order valence-corrected chi connectivity index (χ3v) is 4.86. The zero-order valence-corrected chi connectivity index (χ0v) is 18.8. The van der Waals surface area contributed by atoms with E-state index in [0.717, 1.165) is 12.1 Å². The van der Waals surface area contributed by atoms with E-state index in [2.05, 4.69) is 5.32 Å². The lowest BCUT2D eigenvalue weighted by atomic mass is 9.82. The third-order valence-electron chi connectivity index (χ3n) is 4.86. The van der Waals surface area contributed by atoms with Crippen LogP contribution in [0, 0.1) is 5.41 Å². The first-order valence-corrected chi connectivity index (χ1v) is 9.96. The summed E-state index contributed by atoms with van der Waals surface area (Å²) in [6.45, 7) is 8.37. The van der Waals surface area contributed by atoms with Gasteiger partial charge in [-0.25, -0.2) is 4.79 Å². The maximum Gasteiger partial charge on any atom is 0.416 e. The molecule has 0 unspecified atom stereocenters. The molecule has 2 atom stereocenters. The first-order chi connectivity index (χ1) is 14.1. The molecule has 2 N–H and O–H groups in total. The summed E-state index contributed by atoms with van der Waals surface area (Å²) in [5.74, 6) is -1.49. The van der Waals surface area contributed by atoms with E-state index in [9.17, 15) is 27.9 Å². The number of aliphatic carboxylic acids is 1. The fourth-order valence-electron chi connectivity index (χ4n) is 3.00. The molecule has 176 valence electrons. The fraction of sp³-hybridized carbons (Fsp3) is 0.636. The Balaban J connectivity index is 3.22. The van der Waals surface area contributed by atoms with Crippen LogP contribution in [-0.4, -0.2) is 42.5 Å². The first-order valence-electron chi connectivity index (χ1n) is 9.96. The Morgan fingerprint density at radius 3 is 2.03 bits per heavy atom. The molecule has 0 heterocycles. The fourth-order valence-corrected chi connectivity index (χ4v) is 3.00. The predicted molar refractivity (Wildman–Crippen MR) is 110 cm³/mol. The van der Waals surface area contributed by atoms with Crippen molar-refractivity contribution in [2.24, 2.45) is 5.41 Å². The van der Waals surface area contributed by atoms with Crippen molar-refractivity contribution in [1.82, 2.24) is 5.32 Å². The topological polar surface area (TPSA) is 84.9 Å². The average Bonchev–Trinajstić information content (AvgIpc) is 2.61. The van der Waals surface area contributed by atoms with Crippen molar-refractivity contribution in [3.63, 3.8) is 0 Å². The standard InChI is InChI=1S/C22H32F3NO5/c1-20(2,3)31-19(29)26-17(11-12-21(4,5)18(27)28)16(13-30-6)14-7-9-15(10-8-14)22(23,24)25/h7-10,16-17H,11-13H2,1-6H3,(H,26,29)(H,27,28)/t16-,17-/m0/s1. The molecule has 0 fully saturated rings. The number of rotatable bonds is 9. The number of benzene rings is 1. The molecule has 0 saturated heterocycles. The lowest BCUT2D eigenvalue weighted by molar-refractivity contribution is -0.147. The van der Waals surface area contributed by atoms with Crippen LogP contribution in [0.4, 0.5) is 18.0 Å². The molecule has 1 amide bonds. The van der Waals surface area contributed by atoms with Gasteiger partial charge in [-0.05, 0) is 65.2 Å². The molecule has 0 bridgehead atoms. The molecular formula is C22H32F3NO5. The van der Waals surface area contributed by atoms with Crippen LogP contribution in [0.3, 0.4) is 0 Å². The van der Waals surface area contributed by atoms with E-state index in [4.69, 9.17) is 9.47 Å². The van der Waals surface area contributed by atoms with E-state index < -0.39 is 46.8 Å². The van der Waals surface area contributed by atoms with Crippen molar-refractivity contribution >= 4 is 12.1 Å². The van der Waals surface area contributed by atoms with E-state index in [-0.39, 0.29) is 19.4 Å². The van der Waals surface area contributed by atoms with Gasteiger partial charge in [0.05, 0.1) is 17.6 Å². The predicted octanol–water partition coefficient (Wildman–Crippen LogP) is 5.22. The van der Waals surface area contributed by atoms with Gasteiger partial charge in [0.1, 0.15) is 5.60 Å². The molecular weight excluding hydrogens is 415 g/mol. The highest BCUT2D eigenvalue weighted by molar-refractivity contribution is 5.73. The molecule has 0 radical (unpaired) electrons. The van der Waals surface area contributed by atoms with Gasteiger partial charge in [0.15, 0.2) is 0 Å². The van der Waals surface area contributed by atoms with Crippen LogP contribution in [0.15, 0.2) is 24.3 Å². The maximum absolute atomic E-state index is 12.9. The van der Waals surface area contributed by atoms with E-state index in [1.807, 2.05) is 0 Å². The molecule has 0 aliphatic heterocycles. The van der Waals surface area contributed by atoms with Crippen LogP contribution >= 0.6 is 0 Å². The number of hydrogen-bond donors (Lipinski definition) is 2. The van der Waals surface area contributed by atoms with E-state index in [1.165, 1.54) is 19.2 Å². The van der Waals surface area contributed by atoms with E-state index in [1.54, 1.807) is 34.6 Å². The van der Waals surface area contributed by atoms with Gasteiger partial charge in [-0.1, -0.05) is 12.1 Å². The number of nitrogens with one attached hydrogen (secondary N) is 1. The molecule has 0 saturated carbocycles. The van der Waals surface area contributed by atoms with Crippen molar-refractivity contribution in [2.75, 3.05) is 13.7 Å². The lowest BCUT2D eigenvalue weighted by Crippen LogP contribution is -2.44. The monoisotopic (exact) mass is 447 g/mol. The van der Waals surface area contributed by atoms with Gasteiger partial charge in [-0.3, -0.25) is 4.79 Å². The highest BCUT2D eigenvalue weighted by Gasteiger charge is 2.34. The SMILES string of the molecule is COC[C@@H](c1ccc(C(F)(F)F)cc1)[C@H](CCC(C)(C)C(=O)O)NC(=O)OC(C)(C)C. The number of alkyl halides is 3. The van der Waals surface area contributed by atoms with Crippen molar-refractivity contribution in [3.8, 4) is 0 Å². The second-order valence-electron chi connectivity index (χ2n) is 9.16. The van der Waals surface area contributed by atoms with E-state index >= 15 is 0 Å². The zero-order chi connectivity index (χ0) is 24.0. The smallest absolute Gasteiger partial charge is 0.416 e. The van der Waals surface area contributed by atoms with Crippen LogP contribution in [0.5, 0.6) is 0 Å². The Labute approximate surface area is 181 Å². The number of carbonyl (C=O) groups is 2. The Bertz CT molecular complexity index is 739. The van der Waals surface area contributed by atoms with Gasteiger partial charge >= 0.3 is 18.2 Å². The molecule has 1 rings (SSSR count). The molecule has 1 aromatic carbocycles. The van der Waals surface area contributed by atoms with Gasteiger partial charge in [0.2, 0.25) is 0 Å². The summed E-state index contributed by atoms with van der Waals surface area (Å²) in [5.41, 5.74) is -2.05. The van der Waals surface area contributed by atoms with Gasteiger partial charge in [-0.2, -0.15) is 13.2 Å². The zero-order valence-electron chi connectivity index (χ0n) is 18.8. The molecule has 9 heteroatoms. The minimum atomic E-state index is -4.46. The minimum Gasteiger partial charge on any atom is -0.481 e. The first kappa shape index (κ1) is 26.7. The molecule has 0 aliphatic carbocycles. The largest absolute Gasteiger partial charge is 0.481 e. The molecule has 0 aliphatic rings. The number of alkyl carbamates (subject to hydrolysis) is 1. The van der Waals surface area contributed by atoms with Gasteiger partial charge in [0.25, 0.3) is 0 Å². The minimum absolute atomic E-state index is 0.110. The van der Waals surface area contributed by atoms with Crippen LogP contribution in [0.1, 0.15) is 64.5 Å². The second-order valence-corrected chi connectivity index (χ2v) is 9.16. The number of carboxylic acid groups (broad SMARTS) is 1. The van der Waals surface area contributed by atoms with Gasteiger partial charge in [0, 0.05) is 19.1 Å². The number of amides is 1. The molecule has 1 aromatic rings. The summed E-state index contributed by atoms with van der Waals surface area (Å²) in [5, 5.41) is 12.2. The van der Waals surface area contributed by atoms with Crippen LogP contribution in [0.25, 0.3) is 0 Å². The van der Waals surface area contributed by atoms with Crippen molar-refractivity contribution < 1.29 is 37.3 Å². The number of ether oxygens (including phenoxy) is 2. The summed E-state index contributed by atoms with van der Waals surface area (Å²) in [7, 11) is 1.45. The van der Waals surface area contributed by atoms with Crippen LogP contribution in [0.2, 0.25) is 0 Å². The summed E-state index contributed by atoms with van der Waals surface area (Å²) < 4.78 is 49.4. The number of carbonyl (C=O) groups excluding carboxylic acids is 1. The molecule has 31 heavy (non-hydrogen) atoms. The number of carboxylic acids is 1. The Morgan fingerprint density at radius 1 is 1.06 bits per heavy atom. The number of hydrogen-bond acceptors (Lipinski definition) is 4. The molecule has 0 spiro atoms. The Kier molecular flexibility index (Phi) is 8.93. The summed E-state index contributed by atoms with van der Waals surface area (Å²) in [4.78, 5) is 23.9. The molecule has 0 aromatic heterocycles. The number of methoxy groups -OCH3 is 1. The molecule has 6 nitrogen and oxygen atoms in total. The third kappa shape index (κ3) is 8.77. The van der Waals surface area contributed by atoms with Crippen LogP contribution < -0.4 is 5.32 Å². The number of halogens is 3. The highest BCUT2D eigenvalue weighted by Crippen LogP contribution is 2.33. The Hall–Kier alpha value is -2.29. The van der Waals surface area contributed by atoms with E-state index in [0.29, 0.717) is 5.56 Å². The van der Waals surface area contributed by atoms with Gasteiger partial charge in [-0.15, -0.1) is 0 Å². The maximum atomic E-state index is 12.9. The lowest BCUT2D eigenvalue weighted by Gasteiger charge is -2.31. The van der Waals surface area contributed by atoms with Crippen molar-refractivity contribution in [3.05, 3.63) is 35.4 Å². The van der Waals surface area contributed by atoms with Crippen LogP contribution in [-0.2, 0) is 20.4 Å². The van der Waals surface area contributed by atoms with Crippen molar-refractivity contribution in [2.45, 2.75) is 71.2 Å². The summed E-state index contributed by atoms with van der Waals surface area (Å²) in [6, 6.07) is 4.02. The second kappa shape index (κ2) is 10.3. The highest BCUT2D eigenvalue weighted by atomic mass is 19.4. The van der Waals surface area contributed by atoms with Gasteiger partial charge < -0.3 is 19.9 Å².